The Hall–Kier alpha value is -3.62. The van der Waals surface area contributed by atoms with Crippen molar-refractivity contribution in [1.29, 1.82) is 0 Å². The summed E-state index contributed by atoms with van der Waals surface area (Å²) in [5.41, 5.74) is 3.92. The van der Waals surface area contributed by atoms with E-state index in [4.69, 9.17) is 0 Å². The van der Waals surface area contributed by atoms with Crippen molar-refractivity contribution in [2.75, 3.05) is 0 Å². The molecule has 0 saturated heterocycles. The number of nitrogens with zero attached hydrogens (tertiary/aromatic N) is 2. The average Bonchev–Trinajstić information content (AvgIpc) is 2.73. The van der Waals surface area contributed by atoms with Gasteiger partial charge >= 0.3 is 0 Å². The molecule has 2 aromatic heterocycles. The Bertz CT molecular complexity index is 1120. The second-order valence-electron chi connectivity index (χ2n) is 6.29. The van der Waals surface area contributed by atoms with Crippen LogP contribution in [-0.4, -0.2) is 9.97 Å². The number of unbranched alkanes of at least 4 members (excludes halogenated alkanes) is 2. The molecule has 2 heterocycles. The van der Waals surface area contributed by atoms with Crippen molar-refractivity contribution in [3.8, 4) is 23.7 Å². The Labute approximate surface area is 159 Å². The number of rotatable bonds is 2. The molecule has 0 N–H and O–H groups in total. The van der Waals surface area contributed by atoms with Gasteiger partial charge in [-0.25, -0.2) is 0 Å². The first-order chi connectivity index (χ1) is 13.4. The molecule has 0 spiro atoms. The lowest BCUT2D eigenvalue weighted by Gasteiger charge is -1.96. The summed E-state index contributed by atoms with van der Waals surface area (Å²) in [5.74, 6) is 12.8. The van der Waals surface area contributed by atoms with Crippen molar-refractivity contribution < 1.29 is 0 Å². The number of hydrogen-bond donors (Lipinski definition) is 0. The fraction of sp³-hybridized carbons (Fsp3) is 0.120. The summed E-state index contributed by atoms with van der Waals surface area (Å²) in [7, 11) is 0. The third-order valence-corrected chi connectivity index (χ3v) is 4.25. The lowest BCUT2D eigenvalue weighted by Crippen LogP contribution is -1.82. The predicted molar refractivity (Wildman–Crippen MR) is 111 cm³/mol. The van der Waals surface area contributed by atoms with Crippen LogP contribution in [0.25, 0.3) is 21.8 Å². The van der Waals surface area contributed by atoms with Crippen LogP contribution in [0.15, 0.2) is 73.1 Å². The summed E-state index contributed by atoms with van der Waals surface area (Å²) in [5, 5.41) is 2.25. The van der Waals surface area contributed by atoms with Crippen LogP contribution in [0.4, 0.5) is 0 Å². The Kier molecular flexibility index (Phi) is 5.09. The first-order valence-electron chi connectivity index (χ1n) is 9.06. The number of para-hydroxylation sites is 2. The number of hydrogen-bond acceptors (Lipinski definition) is 2. The van der Waals surface area contributed by atoms with E-state index in [9.17, 15) is 0 Å². The molecule has 4 rings (SSSR count). The molecule has 2 aromatic carbocycles. The second kappa shape index (κ2) is 8.17. The third kappa shape index (κ3) is 4.32. The van der Waals surface area contributed by atoms with E-state index in [1.54, 1.807) is 0 Å². The minimum Gasteiger partial charge on any atom is -0.255 e. The molecule has 0 aliphatic rings. The predicted octanol–water partition coefficient (Wildman–Crippen LogP) is 5.36. The van der Waals surface area contributed by atoms with Crippen molar-refractivity contribution in [3.05, 3.63) is 84.2 Å². The first kappa shape index (κ1) is 16.8. The standard InChI is InChI=1S/C25H18N2/c1(2-4-10-20-16-22-12-6-8-14-24(22)26-18-20)3-5-11-21-17-23-13-7-9-15-25(23)27-19-21/h6-9,12-19H,1-3H2. The summed E-state index contributed by atoms with van der Waals surface area (Å²) in [4.78, 5) is 8.87. The molecular formula is C25H18N2. The fourth-order valence-electron chi connectivity index (χ4n) is 2.87. The Morgan fingerprint density at radius 3 is 1.63 bits per heavy atom. The molecule has 0 aliphatic carbocycles. The summed E-state index contributed by atoms with van der Waals surface area (Å²) < 4.78 is 0. The van der Waals surface area contributed by atoms with Gasteiger partial charge in [-0.05, 0) is 30.7 Å². The van der Waals surface area contributed by atoms with Gasteiger partial charge in [0.2, 0.25) is 0 Å². The maximum absolute atomic E-state index is 4.43. The van der Waals surface area contributed by atoms with Crippen molar-refractivity contribution in [1.82, 2.24) is 9.97 Å². The lowest BCUT2D eigenvalue weighted by molar-refractivity contribution is 0.903. The molecule has 0 amide bonds. The number of pyridine rings is 2. The van der Waals surface area contributed by atoms with Crippen molar-refractivity contribution in [2.24, 2.45) is 0 Å². The molecule has 0 radical (unpaired) electrons. The lowest BCUT2D eigenvalue weighted by atomic mass is 10.1. The van der Waals surface area contributed by atoms with E-state index >= 15 is 0 Å². The minimum atomic E-state index is 0.831. The van der Waals surface area contributed by atoms with Crippen LogP contribution in [-0.2, 0) is 0 Å². The van der Waals surface area contributed by atoms with Gasteiger partial charge < -0.3 is 0 Å². The molecular weight excluding hydrogens is 328 g/mol. The molecule has 2 heteroatoms. The highest BCUT2D eigenvalue weighted by Crippen LogP contribution is 2.13. The zero-order valence-electron chi connectivity index (χ0n) is 14.9. The average molecular weight is 346 g/mol. The van der Waals surface area contributed by atoms with E-state index in [-0.39, 0.29) is 0 Å². The maximum Gasteiger partial charge on any atom is 0.0702 e. The molecule has 0 unspecified atom stereocenters. The summed E-state index contributed by atoms with van der Waals surface area (Å²) in [6.07, 6.45) is 6.29. The molecule has 0 atom stereocenters. The van der Waals surface area contributed by atoms with E-state index in [1.807, 2.05) is 48.8 Å². The molecule has 0 saturated carbocycles. The van der Waals surface area contributed by atoms with Gasteiger partial charge in [-0.15, -0.1) is 0 Å². The zero-order valence-corrected chi connectivity index (χ0v) is 14.9. The highest BCUT2D eigenvalue weighted by molar-refractivity contribution is 5.80. The zero-order chi connectivity index (χ0) is 18.3. The minimum absolute atomic E-state index is 0.831. The normalized spacial score (nSPS) is 10.1. The quantitative estimate of drug-likeness (QED) is 0.361. The van der Waals surface area contributed by atoms with E-state index in [2.05, 4.69) is 57.9 Å². The van der Waals surface area contributed by atoms with Crippen LogP contribution in [0.5, 0.6) is 0 Å². The smallest absolute Gasteiger partial charge is 0.0702 e. The highest BCUT2D eigenvalue weighted by atomic mass is 14.6. The van der Waals surface area contributed by atoms with Crippen molar-refractivity contribution in [3.63, 3.8) is 0 Å². The van der Waals surface area contributed by atoms with Gasteiger partial charge in [-0.1, -0.05) is 60.1 Å². The van der Waals surface area contributed by atoms with E-state index in [1.165, 1.54) is 0 Å². The SMILES string of the molecule is C(#Cc1cnc2ccccc2c1)CCCC#Cc1cnc2ccccc2c1. The monoisotopic (exact) mass is 346 g/mol. The fourth-order valence-corrected chi connectivity index (χ4v) is 2.87. The van der Waals surface area contributed by atoms with Gasteiger partial charge in [0, 0.05) is 47.1 Å². The molecule has 27 heavy (non-hydrogen) atoms. The highest BCUT2D eigenvalue weighted by Gasteiger charge is 1.95. The van der Waals surface area contributed by atoms with Crippen LogP contribution in [0.1, 0.15) is 30.4 Å². The molecule has 0 aliphatic heterocycles. The van der Waals surface area contributed by atoms with Crippen LogP contribution >= 0.6 is 0 Å². The molecule has 2 nitrogen and oxygen atoms in total. The maximum atomic E-state index is 4.43. The van der Waals surface area contributed by atoms with E-state index < -0.39 is 0 Å². The van der Waals surface area contributed by atoms with E-state index in [0.717, 1.165) is 52.2 Å². The largest absolute Gasteiger partial charge is 0.255 e. The Morgan fingerprint density at radius 2 is 1.11 bits per heavy atom. The van der Waals surface area contributed by atoms with Crippen LogP contribution < -0.4 is 0 Å². The van der Waals surface area contributed by atoms with Crippen molar-refractivity contribution in [2.45, 2.75) is 19.3 Å². The van der Waals surface area contributed by atoms with Gasteiger partial charge in [0.15, 0.2) is 0 Å². The molecule has 128 valence electrons. The second-order valence-corrected chi connectivity index (χ2v) is 6.29. The van der Waals surface area contributed by atoms with Crippen molar-refractivity contribution >= 4 is 21.8 Å². The van der Waals surface area contributed by atoms with Gasteiger partial charge in [-0.2, -0.15) is 0 Å². The Morgan fingerprint density at radius 1 is 0.630 bits per heavy atom. The van der Waals surface area contributed by atoms with E-state index in [0.29, 0.717) is 0 Å². The van der Waals surface area contributed by atoms with Gasteiger partial charge in [-0.3, -0.25) is 9.97 Å². The van der Waals surface area contributed by atoms with Gasteiger partial charge in [0.25, 0.3) is 0 Å². The summed E-state index contributed by atoms with van der Waals surface area (Å²) >= 11 is 0. The molecule has 4 aromatic rings. The first-order valence-corrected chi connectivity index (χ1v) is 9.06. The summed E-state index contributed by atoms with van der Waals surface area (Å²) in [6, 6.07) is 20.3. The van der Waals surface area contributed by atoms with Crippen LogP contribution in [0, 0.1) is 23.7 Å². The topological polar surface area (TPSA) is 25.8 Å². The molecule has 0 bridgehead atoms. The van der Waals surface area contributed by atoms with Crippen LogP contribution in [0.2, 0.25) is 0 Å². The van der Waals surface area contributed by atoms with Crippen LogP contribution in [0.3, 0.4) is 0 Å². The van der Waals surface area contributed by atoms with Gasteiger partial charge in [0.1, 0.15) is 0 Å². The summed E-state index contributed by atoms with van der Waals surface area (Å²) in [6.45, 7) is 0. The number of benzene rings is 2. The Balaban J connectivity index is 1.31. The number of aromatic nitrogens is 2. The third-order valence-electron chi connectivity index (χ3n) is 4.25. The number of fused-ring (bicyclic) bond motifs is 2. The van der Waals surface area contributed by atoms with Gasteiger partial charge in [0.05, 0.1) is 11.0 Å². The molecule has 0 fully saturated rings.